The molecular formula is C26H34FN7O3. The molecular weight excluding hydrogens is 477 g/mol. The number of carbonyl (C=O) groups is 2. The summed E-state index contributed by atoms with van der Waals surface area (Å²) < 4.78 is 18.7. The van der Waals surface area contributed by atoms with Crippen LogP contribution in [0.1, 0.15) is 58.9 Å². The highest BCUT2D eigenvalue weighted by Gasteiger charge is 2.26. The zero-order chi connectivity index (χ0) is 27.0. The molecule has 2 aromatic rings. The molecule has 1 aliphatic carbocycles. The van der Waals surface area contributed by atoms with Crippen LogP contribution >= 0.6 is 0 Å². The molecule has 0 aromatic carbocycles. The van der Waals surface area contributed by atoms with Crippen molar-refractivity contribution in [2.75, 3.05) is 24.2 Å². The molecule has 1 saturated carbocycles. The third-order valence-electron chi connectivity index (χ3n) is 5.33. The molecule has 0 spiro atoms. The van der Waals surface area contributed by atoms with E-state index < -0.39 is 23.7 Å². The summed E-state index contributed by atoms with van der Waals surface area (Å²) in [5.74, 6) is 6.28. The molecule has 1 aliphatic rings. The number of amides is 2. The van der Waals surface area contributed by atoms with E-state index in [4.69, 9.17) is 4.74 Å². The predicted octanol–water partition coefficient (Wildman–Crippen LogP) is 3.83. The highest BCUT2D eigenvalue weighted by atomic mass is 19.1. The van der Waals surface area contributed by atoms with Crippen LogP contribution in [-0.2, 0) is 9.53 Å². The molecule has 3 N–H and O–H groups in total. The fourth-order valence-electron chi connectivity index (χ4n) is 3.04. The fraction of sp³-hybridized carbons (Fsp3) is 0.500. The highest BCUT2D eigenvalue weighted by Crippen LogP contribution is 2.26. The van der Waals surface area contributed by atoms with Crippen LogP contribution in [0.5, 0.6) is 0 Å². The van der Waals surface area contributed by atoms with Gasteiger partial charge < -0.3 is 20.7 Å². The van der Waals surface area contributed by atoms with Gasteiger partial charge in [-0.2, -0.15) is 9.37 Å². The lowest BCUT2D eigenvalue weighted by Gasteiger charge is -2.28. The Kier molecular flexibility index (Phi) is 9.22. The van der Waals surface area contributed by atoms with E-state index in [1.807, 2.05) is 0 Å². The molecule has 10 nitrogen and oxygen atoms in total. The molecule has 11 heteroatoms. The first kappa shape index (κ1) is 27.6. The summed E-state index contributed by atoms with van der Waals surface area (Å²) in [7, 11) is 1.54. The van der Waals surface area contributed by atoms with Gasteiger partial charge in [0.25, 0.3) is 0 Å². The summed E-state index contributed by atoms with van der Waals surface area (Å²) in [6.07, 6.45) is 5.76. The molecule has 0 aliphatic heterocycles. The normalized spacial score (nSPS) is 13.6. The number of hydrogen-bond acceptors (Lipinski definition) is 8. The first-order valence-corrected chi connectivity index (χ1v) is 12.3. The number of halogens is 1. The number of carbonyl (C=O) groups excluding carboxylic acids is 2. The summed E-state index contributed by atoms with van der Waals surface area (Å²) in [6.45, 7) is 7.40. The van der Waals surface area contributed by atoms with Crippen molar-refractivity contribution in [2.24, 2.45) is 0 Å². The number of pyridine rings is 1. The molecule has 2 heterocycles. The van der Waals surface area contributed by atoms with Crippen molar-refractivity contribution in [3.05, 3.63) is 36.0 Å². The number of anilines is 3. The van der Waals surface area contributed by atoms with Gasteiger partial charge in [-0.1, -0.05) is 11.8 Å². The van der Waals surface area contributed by atoms with Crippen molar-refractivity contribution in [3.8, 4) is 11.8 Å². The van der Waals surface area contributed by atoms with Gasteiger partial charge in [0.05, 0.1) is 11.8 Å². The number of unbranched alkanes of at least 4 members (excludes halogenated alkanes) is 1. The Morgan fingerprint density at radius 1 is 1.30 bits per heavy atom. The van der Waals surface area contributed by atoms with E-state index >= 15 is 0 Å². The molecule has 0 radical (unpaired) electrons. The molecule has 37 heavy (non-hydrogen) atoms. The van der Waals surface area contributed by atoms with Crippen LogP contribution in [-0.4, -0.2) is 63.1 Å². The minimum atomic E-state index is -0.662. The molecule has 0 saturated heterocycles. The van der Waals surface area contributed by atoms with Gasteiger partial charge in [-0.15, -0.1) is 0 Å². The Balaban J connectivity index is 1.50. The number of hydrogen-bond donors (Lipinski definition) is 3. The average Bonchev–Trinajstić information content (AvgIpc) is 3.64. The molecule has 0 bridgehead atoms. The van der Waals surface area contributed by atoms with Crippen LogP contribution in [0.3, 0.4) is 0 Å². The van der Waals surface area contributed by atoms with Gasteiger partial charge in [-0.3, -0.25) is 9.69 Å². The lowest BCUT2D eigenvalue weighted by molar-refractivity contribution is -0.125. The third kappa shape index (κ3) is 9.22. The van der Waals surface area contributed by atoms with E-state index in [0.29, 0.717) is 48.4 Å². The number of nitrogens with zero attached hydrogens (tertiary/aromatic N) is 4. The van der Waals surface area contributed by atoms with Gasteiger partial charge in [0.15, 0.2) is 0 Å². The van der Waals surface area contributed by atoms with E-state index in [1.54, 1.807) is 40.0 Å². The van der Waals surface area contributed by atoms with Crippen LogP contribution in [0.4, 0.5) is 26.6 Å². The van der Waals surface area contributed by atoms with E-state index in [0.717, 1.165) is 12.8 Å². The maximum atomic E-state index is 13.4. The van der Waals surface area contributed by atoms with Crippen molar-refractivity contribution in [1.82, 2.24) is 25.2 Å². The molecule has 1 atom stereocenters. The van der Waals surface area contributed by atoms with Crippen LogP contribution in [0, 0.1) is 17.8 Å². The molecule has 2 aromatic heterocycles. The minimum Gasteiger partial charge on any atom is -0.444 e. The van der Waals surface area contributed by atoms with Crippen molar-refractivity contribution in [2.45, 2.75) is 71.1 Å². The first-order valence-electron chi connectivity index (χ1n) is 12.3. The van der Waals surface area contributed by atoms with Crippen LogP contribution in [0.25, 0.3) is 0 Å². The second kappa shape index (κ2) is 12.3. The zero-order valence-corrected chi connectivity index (χ0v) is 21.9. The number of nitrogens with one attached hydrogen (secondary N) is 3. The van der Waals surface area contributed by atoms with Crippen molar-refractivity contribution in [1.29, 1.82) is 0 Å². The van der Waals surface area contributed by atoms with Crippen LogP contribution < -0.4 is 16.0 Å². The lowest BCUT2D eigenvalue weighted by Crippen LogP contribution is -2.47. The Morgan fingerprint density at radius 3 is 2.73 bits per heavy atom. The number of rotatable bonds is 9. The van der Waals surface area contributed by atoms with E-state index in [1.165, 1.54) is 24.2 Å². The van der Waals surface area contributed by atoms with Crippen LogP contribution in [0.2, 0.25) is 0 Å². The van der Waals surface area contributed by atoms with Crippen molar-refractivity contribution < 1.29 is 18.7 Å². The molecule has 198 valence electrons. The third-order valence-corrected chi connectivity index (χ3v) is 5.33. The molecule has 3 rings (SSSR count). The maximum Gasteiger partial charge on any atom is 0.410 e. The first-order chi connectivity index (χ1) is 17.5. The summed E-state index contributed by atoms with van der Waals surface area (Å²) in [4.78, 5) is 38.2. The van der Waals surface area contributed by atoms with Gasteiger partial charge in [-0.25, -0.2) is 14.8 Å². The second-order valence-corrected chi connectivity index (χ2v) is 9.83. The van der Waals surface area contributed by atoms with Gasteiger partial charge in [0.1, 0.15) is 17.5 Å². The second-order valence-electron chi connectivity index (χ2n) is 9.83. The maximum absolute atomic E-state index is 13.4. The Morgan fingerprint density at radius 2 is 2.05 bits per heavy atom. The number of aromatic nitrogens is 3. The Labute approximate surface area is 216 Å². The highest BCUT2D eigenvalue weighted by molar-refractivity contribution is 5.85. The monoisotopic (exact) mass is 511 g/mol. The van der Waals surface area contributed by atoms with Gasteiger partial charge in [0, 0.05) is 44.0 Å². The largest absolute Gasteiger partial charge is 0.444 e. The SMILES string of the molecule is C[C@@H](C(=O)NCCCC#Cc1cnc(Nc2ccnc(F)c2)nc1NC1CC1)N(C)C(=O)OC(C)(C)C. The fourth-order valence-corrected chi connectivity index (χ4v) is 3.04. The number of likely N-dealkylation sites (N-methyl/N-ethyl adjacent to an activating group) is 1. The van der Waals surface area contributed by atoms with Gasteiger partial charge >= 0.3 is 6.09 Å². The van der Waals surface area contributed by atoms with E-state index in [-0.39, 0.29) is 5.91 Å². The average molecular weight is 512 g/mol. The lowest BCUT2D eigenvalue weighted by atomic mass is 10.2. The van der Waals surface area contributed by atoms with Crippen LogP contribution in [0.15, 0.2) is 24.5 Å². The van der Waals surface area contributed by atoms with Gasteiger partial charge in [0.2, 0.25) is 17.8 Å². The topological polar surface area (TPSA) is 121 Å². The Hall–Kier alpha value is -3.94. The smallest absolute Gasteiger partial charge is 0.410 e. The molecule has 1 fully saturated rings. The number of ether oxygens (including phenoxy) is 1. The van der Waals surface area contributed by atoms with Crippen molar-refractivity contribution >= 4 is 29.5 Å². The molecule has 2 amide bonds. The summed E-state index contributed by atoms with van der Waals surface area (Å²) in [6, 6.07) is 2.59. The standard InChI is InChI=1S/C26H34FN7O3/c1-17(34(5)25(36)37-26(2,3)4)23(35)29-13-8-6-7-9-18-16-30-24(33-22(18)31-19-10-11-19)32-20-12-14-28-21(27)15-20/h12,14-17,19H,6,8,10-11,13H2,1-5H3,(H,29,35)(H2,28,30,31,32,33)/t17-/m0/s1. The zero-order valence-electron chi connectivity index (χ0n) is 21.9. The van der Waals surface area contributed by atoms with E-state index in [9.17, 15) is 14.0 Å². The van der Waals surface area contributed by atoms with Crippen molar-refractivity contribution in [3.63, 3.8) is 0 Å². The predicted molar refractivity (Wildman–Crippen MR) is 139 cm³/mol. The van der Waals surface area contributed by atoms with Gasteiger partial charge in [-0.05, 0) is 53.0 Å². The minimum absolute atomic E-state index is 0.261. The summed E-state index contributed by atoms with van der Waals surface area (Å²) in [5.41, 5.74) is 0.530. The van der Waals surface area contributed by atoms with E-state index in [2.05, 4.69) is 42.7 Å². The quantitative estimate of drug-likeness (QED) is 0.264. The summed E-state index contributed by atoms with van der Waals surface area (Å²) in [5, 5.41) is 9.16. The Bertz CT molecular complexity index is 1170. The summed E-state index contributed by atoms with van der Waals surface area (Å²) >= 11 is 0. The molecule has 0 unspecified atom stereocenters.